The Balaban J connectivity index is 2.15. The molecule has 1 aromatic carbocycles. The van der Waals surface area contributed by atoms with E-state index in [1.165, 1.54) is 11.3 Å². The zero-order valence-electron chi connectivity index (χ0n) is 10.1. The lowest BCUT2D eigenvalue weighted by atomic mass is 10.1. The van der Waals surface area contributed by atoms with E-state index < -0.39 is 10.0 Å². The molecule has 20 heavy (non-hydrogen) atoms. The van der Waals surface area contributed by atoms with Crippen LogP contribution in [0.25, 0.3) is 0 Å². The molecule has 1 heterocycles. The maximum atomic E-state index is 12.2. The summed E-state index contributed by atoms with van der Waals surface area (Å²) in [7, 11) is -3.57. The standard InChI is InChI=1S/C12H11Br2NO3S2/c13-11-5-10(12(14)19-11)20(17,18)15-6-8-2-1-3-9(4-8)7-16/h1-5,15-16H,6-7H2. The Kier molecular flexibility index (Phi) is 5.38. The number of rotatable bonds is 5. The number of thiophene rings is 1. The average Bonchev–Trinajstić information content (AvgIpc) is 2.77. The highest BCUT2D eigenvalue weighted by atomic mass is 79.9. The van der Waals surface area contributed by atoms with Gasteiger partial charge in [-0.3, -0.25) is 0 Å². The van der Waals surface area contributed by atoms with Crippen LogP contribution in [-0.2, 0) is 23.2 Å². The van der Waals surface area contributed by atoms with Gasteiger partial charge in [-0.1, -0.05) is 24.3 Å². The van der Waals surface area contributed by atoms with E-state index in [-0.39, 0.29) is 18.0 Å². The second kappa shape index (κ2) is 6.67. The third-order valence-electron chi connectivity index (χ3n) is 2.56. The van der Waals surface area contributed by atoms with Gasteiger partial charge in [0.25, 0.3) is 0 Å². The molecule has 2 rings (SSSR count). The van der Waals surface area contributed by atoms with Crippen molar-refractivity contribution in [2.45, 2.75) is 18.0 Å². The first kappa shape index (κ1) is 16.1. The lowest BCUT2D eigenvalue weighted by Gasteiger charge is -2.07. The first-order valence-corrected chi connectivity index (χ1v) is 9.44. The van der Waals surface area contributed by atoms with Crippen LogP contribution in [0, 0.1) is 0 Å². The van der Waals surface area contributed by atoms with Crippen LogP contribution in [0.1, 0.15) is 11.1 Å². The molecule has 2 aromatic rings. The van der Waals surface area contributed by atoms with Crippen LogP contribution in [0.2, 0.25) is 0 Å². The molecule has 0 bridgehead atoms. The number of benzene rings is 1. The van der Waals surface area contributed by atoms with Crippen LogP contribution in [0.15, 0.2) is 42.8 Å². The van der Waals surface area contributed by atoms with Gasteiger partial charge in [0.15, 0.2) is 0 Å². The van der Waals surface area contributed by atoms with E-state index in [2.05, 4.69) is 36.6 Å². The van der Waals surface area contributed by atoms with Gasteiger partial charge in [0.2, 0.25) is 10.0 Å². The molecule has 0 saturated carbocycles. The van der Waals surface area contributed by atoms with Crippen LogP contribution in [-0.4, -0.2) is 13.5 Å². The zero-order valence-corrected chi connectivity index (χ0v) is 14.9. The Bertz CT molecular complexity index is 713. The largest absolute Gasteiger partial charge is 0.392 e. The van der Waals surface area contributed by atoms with E-state index in [1.807, 2.05) is 0 Å². The number of aliphatic hydroxyl groups is 1. The van der Waals surface area contributed by atoms with Gasteiger partial charge in [-0.25, -0.2) is 13.1 Å². The maximum absolute atomic E-state index is 12.2. The van der Waals surface area contributed by atoms with E-state index in [1.54, 1.807) is 30.3 Å². The molecule has 0 aliphatic carbocycles. The van der Waals surface area contributed by atoms with Crippen LogP contribution in [0.3, 0.4) is 0 Å². The first-order chi connectivity index (χ1) is 9.42. The van der Waals surface area contributed by atoms with Crippen LogP contribution < -0.4 is 4.72 Å². The topological polar surface area (TPSA) is 66.4 Å². The summed E-state index contributed by atoms with van der Waals surface area (Å²) < 4.78 is 28.2. The van der Waals surface area contributed by atoms with Gasteiger partial charge < -0.3 is 5.11 Å². The number of halogens is 2. The minimum absolute atomic E-state index is 0.0659. The summed E-state index contributed by atoms with van der Waals surface area (Å²) >= 11 is 7.80. The van der Waals surface area contributed by atoms with Crippen molar-refractivity contribution in [1.82, 2.24) is 4.72 Å². The third-order valence-corrected chi connectivity index (χ3v) is 6.71. The van der Waals surface area contributed by atoms with Crippen LogP contribution >= 0.6 is 43.2 Å². The van der Waals surface area contributed by atoms with Crippen molar-refractivity contribution in [3.63, 3.8) is 0 Å². The second-order valence-electron chi connectivity index (χ2n) is 3.99. The third kappa shape index (κ3) is 3.90. The van der Waals surface area contributed by atoms with E-state index >= 15 is 0 Å². The van der Waals surface area contributed by atoms with Crippen molar-refractivity contribution < 1.29 is 13.5 Å². The summed E-state index contributed by atoms with van der Waals surface area (Å²) in [6.45, 7) is 0.111. The predicted molar refractivity (Wildman–Crippen MR) is 86.1 cm³/mol. The number of sulfonamides is 1. The molecule has 0 amide bonds. The Morgan fingerprint density at radius 2 is 1.90 bits per heavy atom. The first-order valence-electron chi connectivity index (χ1n) is 5.55. The van der Waals surface area contributed by atoms with Gasteiger partial charge in [-0.2, -0.15) is 0 Å². The number of aliphatic hydroxyl groups excluding tert-OH is 1. The quantitative estimate of drug-likeness (QED) is 0.749. The maximum Gasteiger partial charge on any atom is 0.242 e. The van der Waals surface area contributed by atoms with E-state index in [4.69, 9.17) is 5.11 Å². The Morgan fingerprint density at radius 3 is 2.50 bits per heavy atom. The molecule has 0 saturated heterocycles. The summed E-state index contributed by atoms with van der Waals surface area (Å²) in [6, 6.07) is 8.69. The highest BCUT2D eigenvalue weighted by molar-refractivity contribution is 9.12. The molecule has 0 aliphatic rings. The van der Waals surface area contributed by atoms with Crippen molar-refractivity contribution in [1.29, 1.82) is 0 Å². The van der Waals surface area contributed by atoms with Gasteiger partial charge >= 0.3 is 0 Å². The molecule has 8 heteroatoms. The fourth-order valence-corrected chi connectivity index (χ4v) is 6.43. The normalized spacial score (nSPS) is 11.8. The predicted octanol–water partition coefficient (Wildman–Crippen LogP) is 3.24. The van der Waals surface area contributed by atoms with Gasteiger partial charge in [-0.05, 0) is 49.1 Å². The number of hydrogen-bond acceptors (Lipinski definition) is 4. The Morgan fingerprint density at radius 1 is 1.20 bits per heavy atom. The molecule has 0 atom stereocenters. The SMILES string of the molecule is O=S(=O)(NCc1cccc(CO)c1)c1cc(Br)sc1Br. The number of hydrogen-bond donors (Lipinski definition) is 2. The van der Waals surface area contributed by atoms with Gasteiger partial charge in [0.1, 0.15) is 4.90 Å². The molecule has 4 nitrogen and oxygen atoms in total. The molecule has 0 spiro atoms. The van der Waals surface area contributed by atoms with Gasteiger partial charge in [0, 0.05) is 6.54 Å². The summed E-state index contributed by atoms with van der Waals surface area (Å²) in [5.41, 5.74) is 1.55. The molecule has 0 fully saturated rings. The van der Waals surface area contributed by atoms with Crippen LogP contribution in [0.4, 0.5) is 0 Å². The lowest BCUT2D eigenvalue weighted by Crippen LogP contribution is -2.23. The lowest BCUT2D eigenvalue weighted by molar-refractivity contribution is 0.281. The Hall–Kier alpha value is -0.250. The number of nitrogens with one attached hydrogen (secondary N) is 1. The van der Waals surface area contributed by atoms with E-state index in [0.717, 1.165) is 14.9 Å². The fourth-order valence-electron chi connectivity index (χ4n) is 1.60. The average molecular weight is 441 g/mol. The monoisotopic (exact) mass is 439 g/mol. The highest BCUT2D eigenvalue weighted by Crippen LogP contribution is 2.34. The zero-order chi connectivity index (χ0) is 14.8. The van der Waals surface area contributed by atoms with Gasteiger partial charge in [-0.15, -0.1) is 11.3 Å². The molecule has 2 N–H and O–H groups in total. The van der Waals surface area contributed by atoms with Gasteiger partial charge in [0.05, 0.1) is 14.2 Å². The molecule has 1 aromatic heterocycles. The minimum atomic E-state index is -3.57. The summed E-state index contributed by atoms with van der Waals surface area (Å²) in [6.07, 6.45) is 0. The van der Waals surface area contributed by atoms with Crippen LogP contribution in [0.5, 0.6) is 0 Å². The fraction of sp³-hybridized carbons (Fsp3) is 0.167. The molecule has 0 radical (unpaired) electrons. The molecule has 108 valence electrons. The smallest absolute Gasteiger partial charge is 0.242 e. The summed E-state index contributed by atoms with van der Waals surface area (Å²) in [5, 5.41) is 9.06. The van der Waals surface area contributed by atoms with E-state index in [9.17, 15) is 8.42 Å². The summed E-state index contributed by atoms with van der Waals surface area (Å²) in [5.74, 6) is 0. The Labute approximate surface area is 138 Å². The van der Waals surface area contributed by atoms with Crippen molar-refractivity contribution in [2.75, 3.05) is 0 Å². The molecule has 0 unspecified atom stereocenters. The van der Waals surface area contributed by atoms with Crippen molar-refractivity contribution in [2.24, 2.45) is 0 Å². The van der Waals surface area contributed by atoms with Crippen molar-refractivity contribution in [3.05, 3.63) is 49.0 Å². The van der Waals surface area contributed by atoms with E-state index in [0.29, 0.717) is 3.79 Å². The van der Waals surface area contributed by atoms with Crippen molar-refractivity contribution >= 4 is 53.2 Å². The minimum Gasteiger partial charge on any atom is -0.392 e. The second-order valence-corrected chi connectivity index (χ2v) is 9.48. The molecular weight excluding hydrogens is 430 g/mol. The highest BCUT2D eigenvalue weighted by Gasteiger charge is 2.20. The molecule has 0 aliphatic heterocycles. The molecular formula is C12H11Br2NO3S2. The van der Waals surface area contributed by atoms with Crippen molar-refractivity contribution in [3.8, 4) is 0 Å². The summed E-state index contributed by atoms with van der Waals surface area (Å²) in [4.78, 5) is 0.215.